The van der Waals surface area contributed by atoms with Crippen molar-refractivity contribution in [2.24, 2.45) is 0 Å². The number of imidazole rings is 1. The zero-order valence-electron chi connectivity index (χ0n) is 13.3. The molecule has 5 nitrogen and oxygen atoms in total. The van der Waals surface area contributed by atoms with Crippen molar-refractivity contribution in [2.75, 3.05) is 5.32 Å². The van der Waals surface area contributed by atoms with Gasteiger partial charge in [0, 0.05) is 5.69 Å². The molecule has 0 spiro atoms. The smallest absolute Gasteiger partial charge is 0.237 e. The van der Waals surface area contributed by atoms with Gasteiger partial charge in [0.05, 0.1) is 27.9 Å². The molecule has 0 aliphatic heterocycles. The van der Waals surface area contributed by atoms with E-state index in [1.807, 2.05) is 32.0 Å². The largest absolute Gasteiger partial charge is 0.333 e. The van der Waals surface area contributed by atoms with Crippen LogP contribution in [0.3, 0.4) is 0 Å². The maximum atomic E-state index is 12.3. The number of carbonyl (C=O) groups is 1. The van der Waals surface area contributed by atoms with Gasteiger partial charge >= 0.3 is 0 Å². The Hall–Kier alpha value is -2.78. The van der Waals surface area contributed by atoms with Gasteiger partial charge in [0.25, 0.3) is 0 Å². The van der Waals surface area contributed by atoms with Crippen LogP contribution in [0.15, 0.2) is 47.6 Å². The van der Waals surface area contributed by atoms with Crippen LogP contribution < -0.4 is 5.32 Å². The summed E-state index contributed by atoms with van der Waals surface area (Å²) < 4.78 is 0. The molecule has 0 unspecified atom stereocenters. The minimum atomic E-state index is -0.322. The monoisotopic (exact) mass is 336 g/mol. The normalized spacial score (nSPS) is 11.9. The number of rotatable bonds is 4. The van der Waals surface area contributed by atoms with Crippen LogP contribution in [-0.4, -0.2) is 21.1 Å². The molecule has 6 heteroatoms. The third-order valence-corrected chi connectivity index (χ3v) is 4.52. The van der Waals surface area contributed by atoms with E-state index in [9.17, 15) is 4.79 Å². The van der Waals surface area contributed by atoms with Crippen LogP contribution >= 0.6 is 11.8 Å². The molecule has 1 atom stereocenters. The number of nitrogens with one attached hydrogen (secondary N) is 2. The molecule has 3 aromatic rings. The number of thioether (sulfide) groups is 1. The minimum absolute atomic E-state index is 0.133. The summed E-state index contributed by atoms with van der Waals surface area (Å²) in [6, 6.07) is 14.9. The maximum Gasteiger partial charge on any atom is 0.237 e. The van der Waals surface area contributed by atoms with Gasteiger partial charge in [0.2, 0.25) is 5.91 Å². The Morgan fingerprint density at radius 1 is 1.33 bits per heavy atom. The third-order valence-electron chi connectivity index (χ3n) is 3.53. The molecular weight excluding hydrogens is 320 g/mol. The van der Waals surface area contributed by atoms with E-state index in [1.165, 1.54) is 11.8 Å². The highest BCUT2D eigenvalue weighted by atomic mass is 32.2. The molecular formula is C18H16N4OS. The second-order valence-corrected chi connectivity index (χ2v) is 6.83. The number of nitrogens with zero attached hydrogens (tertiary/aromatic N) is 2. The molecule has 0 saturated carbocycles. The SMILES string of the molecule is Cc1ccc2nc(S[C@H](C)C(=O)Nc3cccc(C#N)c3)[nH]c2c1. The number of hydrogen-bond donors (Lipinski definition) is 2. The lowest BCUT2D eigenvalue weighted by Crippen LogP contribution is -2.22. The fraction of sp³-hybridized carbons (Fsp3) is 0.167. The number of hydrogen-bond acceptors (Lipinski definition) is 4. The Morgan fingerprint density at radius 3 is 2.96 bits per heavy atom. The first kappa shape index (κ1) is 16.1. The van der Waals surface area contributed by atoms with Gasteiger partial charge in [-0.3, -0.25) is 4.79 Å². The predicted octanol–water partition coefficient (Wildman–Crippen LogP) is 3.86. The minimum Gasteiger partial charge on any atom is -0.333 e. The van der Waals surface area contributed by atoms with Gasteiger partial charge in [-0.15, -0.1) is 0 Å². The van der Waals surface area contributed by atoms with Gasteiger partial charge in [0.1, 0.15) is 0 Å². The van der Waals surface area contributed by atoms with E-state index in [1.54, 1.807) is 24.3 Å². The van der Waals surface area contributed by atoms with E-state index in [0.29, 0.717) is 16.4 Å². The van der Waals surface area contributed by atoms with Crippen molar-refractivity contribution in [1.82, 2.24) is 9.97 Å². The lowest BCUT2D eigenvalue weighted by atomic mass is 10.2. The van der Waals surface area contributed by atoms with E-state index >= 15 is 0 Å². The predicted molar refractivity (Wildman–Crippen MR) is 95.9 cm³/mol. The summed E-state index contributed by atoms with van der Waals surface area (Å²) in [4.78, 5) is 20.1. The molecule has 3 rings (SSSR count). The molecule has 0 aliphatic rings. The van der Waals surface area contributed by atoms with Gasteiger partial charge in [-0.2, -0.15) is 5.26 Å². The molecule has 1 heterocycles. The molecule has 0 saturated heterocycles. The first-order valence-corrected chi connectivity index (χ1v) is 8.37. The molecule has 0 aliphatic carbocycles. The molecule has 2 aromatic carbocycles. The molecule has 24 heavy (non-hydrogen) atoms. The topological polar surface area (TPSA) is 81.6 Å². The van der Waals surface area contributed by atoms with Crippen molar-refractivity contribution in [1.29, 1.82) is 5.26 Å². The van der Waals surface area contributed by atoms with Crippen molar-refractivity contribution >= 4 is 34.4 Å². The highest BCUT2D eigenvalue weighted by Gasteiger charge is 2.17. The number of fused-ring (bicyclic) bond motifs is 1. The summed E-state index contributed by atoms with van der Waals surface area (Å²) in [5.41, 5.74) is 4.14. The Labute approximate surface area is 144 Å². The van der Waals surface area contributed by atoms with Crippen molar-refractivity contribution in [3.8, 4) is 6.07 Å². The van der Waals surface area contributed by atoms with Crippen molar-refractivity contribution in [3.05, 3.63) is 53.6 Å². The van der Waals surface area contributed by atoms with Crippen LogP contribution in [-0.2, 0) is 4.79 Å². The number of carbonyl (C=O) groups excluding carboxylic acids is 1. The summed E-state index contributed by atoms with van der Waals surface area (Å²) >= 11 is 1.37. The van der Waals surface area contributed by atoms with E-state index in [0.717, 1.165) is 16.6 Å². The summed E-state index contributed by atoms with van der Waals surface area (Å²) in [5, 5.41) is 12.1. The summed E-state index contributed by atoms with van der Waals surface area (Å²) in [5.74, 6) is -0.133. The van der Waals surface area contributed by atoms with Crippen LogP contribution in [0.5, 0.6) is 0 Å². The number of aromatic nitrogens is 2. The standard InChI is InChI=1S/C18H16N4OS/c1-11-6-7-15-16(8-11)22-18(21-15)24-12(2)17(23)20-14-5-3-4-13(9-14)10-19/h3-9,12H,1-2H3,(H,20,23)(H,21,22)/t12-/m1/s1. The fourth-order valence-corrected chi connectivity index (χ4v) is 3.11. The van der Waals surface area contributed by atoms with Gasteiger partial charge in [0.15, 0.2) is 5.16 Å². The van der Waals surface area contributed by atoms with Crippen LogP contribution in [0.1, 0.15) is 18.1 Å². The number of anilines is 1. The number of aryl methyl sites for hydroxylation is 1. The molecule has 0 fully saturated rings. The highest BCUT2D eigenvalue weighted by molar-refractivity contribution is 8.00. The Morgan fingerprint density at radius 2 is 2.17 bits per heavy atom. The Bertz CT molecular complexity index is 942. The highest BCUT2D eigenvalue weighted by Crippen LogP contribution is 2.25. The molecule has 1 aromatic heterocycles. The fourth-order valence-electron chi connectivity index (χ4n) is 2.29. The quantitative estimate of drug-likeness (QED) is 0.709. The summed E-state index contributed by atoms with van der Waals surface area (Å²) in [6.07, 6.45) is 0. The van der Waals surface area contributed by atoms with Crippen molar-refractivity contribution < 1.29 is 4.79 Å². The average Bonchev–Trinajstić information content (AvgIpc) is 2.96. The molecule has 1 amide bonds. The third kappa shape index (κ3) is 3.58. The van der Waals surface area contributed by atoms with Crippen molar-refractivity contribution in [3.63, 3.8) is 0 Å². The van der Waals surface area contributed by atoms with E-state index in [2.05, 4.69) is 21.4 Å². The average molecular weight is 336 g/mol. The first-order valence-electron chi connectivity index (χ1n) is 7.49. The van der Waals surface area contributed by atoms with Gasteiger partial charge in [-0.1, -0.05) is 23.9 Å². The molecule has 0 radical (unpaired) electrons. The number of benzene rings is 2. The zero-order valence-corrected chi connectivity index (χ0v) is 14.1. The van der Waals surface area contributed by atoms with Gasteiger partial charge < -0.3 is 10.3 Å². The lowest BCUT2D eigenvalue weighted by Gasteiger charge is -2.10. The molecule has 2 N–H and O–H groups in total. The van der Waals surface area contributed by atoms with Crippen molar-refractivity contribution in [2.45, 2.75) is 24.3 Å². The number of nitriles is 1. The maximum absolute atomic E-state index is 12.3. The Balaban J connectivity index is 1.69. The van der Waals surface area contributed by atoms with Gasteiger partial charge in [-0.25, -0.2) is 4.98 Å². The van der Waals surface area contributed by atoms with Crippen LogP contribution in [0.4, 0.5) is 5.69 Å². The van der Waals surface area contributed by atoms with E-state index < -0.39 is 0 Å². The molecule has 0 bridgehead atoms. The second-order valence-electron chi connectivity index (χ2n) is 5.50. The number of amides is 1. The second kappa shape index (κ2) is 6.77. The summed E-state index contributed by atoms with van der Waals surface area (Å²) in [7, 11) is 0. The summed E-state index contributed by atoms with van der Waals surface area (Å²) in [6.45, 7) is 3.85. The number of H-pyrrole nitrogens is 1. The van der Waals surface area contributed by atoms with Gasteiger partial charge in [-0.05, 0) is 49.7 Å². The van der Waals surface area contributed by atoms with E-state index in [-0.39, 0.29) is 11.2 Å². The Kier molecular flexibility index (Phi) is 4.54. The first-order chi connectivity index (χ1) is 11.5. The van der Waals surface area contributed by atoms with Crippen LogP contribution in [0.25, 0.3) is 11.0 Å². The molecule has 120 valence electrons. The van der Waals surface area contributed by atoms with Crippen LogP contribution in [0.2, 0.25) is 0 Å². The zero-order chi connectivity index (χ0) is 17.1. The lowest BCUT2D eigenvalue weighted by molar-refractivity contribution is -0.115. The number of aromatic amines is 1. The van der Waals surface area contributed by atoms with E-state index in [4.69, 9.17) is 5.26 Å². The van der Waals surface area contributed by atoms with Crippen LogP contribution in [0, 0.1) is 18.3 Å².